The summed E-state index contributed by atoms with van der Waals surface area (Å²) in [6.45, 7) is 1.60. The molecule has 112 valence electrons. The van der Waals surface area contributed by atoms with E-state index in [1.807, 2.05) is 12.3 Å². The molecule has 0 spiro atoms. The lowest BCUT2D eigenvalue weighted by Gasteiger charge is -2.11. The number of rotatable bonds is 5. The van der Waals surface area contributed by atoms with Crippen molar-refractivity contribution in [2.75, 3.05) is 11.0 Å². The van der Waals surface area contributed by atoms with E-state index in [-0.39, 0.29) is 4.90 Å². The molecule has 2 rings (SSSR count). The Morgan fingerprint density at radius 3 is 2.52 bits per heavy atom. The number of anilines is 1. The number of hydrogen-bond acceptors (Lipinski definition) is 4. The SMILES string of the molecule is CSc1cccc(NS(=O)(=O)c2cccc(C(C)O)c2)c1. The van der Waals surface area contributed by atoms with Gasteiger partial charge in [-0.3, -0.25) is 4.72 Å². The van der Waals surface area contributed by atoms with Crippen molar-refractivity contribution < 1.29 is 13.5 Å². The number of benzene rings is 2. The molecular weight excluding hydrogens is 306 g/mol. The molecule has 0 heterocycles. The van der Waals surface area contributed by atoms with E-state index < -0.39 is 16.1 Å². The van der Waals surface area contributed by atoms with Crippen molar-refractivity contribution in [2.45, 2.75) is 22.8 Å². The first-order valence-electron chi connectivity index (χ1n) is 6.37. The van der Waals surface area contributed by atoms with E-state index in [2.05, 4.69) is 4.72 Å². The number of sulfonamides is 1. The smallest absolute Gasteiger partial charge is 0.261 e. The predicted octanol–water partition coefficient (Wildman–Crippen LogP) is 3.26. The topological polar surface area (TPSA) is 66.4 Å². The number of nitrogens with one attached hydrogen (secondary N) is 1. The molecule has 0 radical (unpaired) electrons. The van der Waals surface area contributed by atoms with Crippen LogP contribution < -0.4 is 4.72 Å². The minimum atomic E-state index is -3.66. The van der Waals surface area contributed by atoms with Gasteiger partial charge >= 0.3 is 0 Å². The van der Waals surface area contributed by atoms with E-state index in [1.165, 1.54) is 12.1 Å². The molecule has 2 aromatic carbocycles. The molecule has 1 atom stereocenters. The van der Waals surface area contributed by atoms with Gasteiger partial charge in [-0.25, -0.2) is 8.42 Å². The van der Waals surface area contributed by atoms with Crippen LogP contribution in [0.4, 0.5) is 5.69 Å². The van der Waals surface area contributed by atoms with Crippen molar-refractivity contribution in [3.8, 4) is 0 Å². The van der Waals surface area contributed by atoms with Crippen molar-refractivity contribution in [2.24, 2.45) is 0 Å². The zero-order chi connectivity index (χ0) is 15.5. The fraction of sp³-hybridized carbons (Fsp3) is 0.200. The lowest BCUT2D eigenvalue weighted by Crippen LogP contribution is -2.13. The van der Waals surface area contributed by atoms with Crippen LogP contribution in [-0.2, 0) is 10.0 Å². The monoisotopic (exact) mass is 323 g/mol. The molecule has 6 heteroatoms. The minimum absolute atomic E-state index is 0.135. The Kier molecular flexibility index (Phi) is 4.92. The van der Waals surface area contributed by atoms with Crippen molar-refractivity contribution >= 4 is 27.5 Å². The maximum Gasteiger partial charge on any atom is 0.261 e. The molecule has 21 heavy (non-hydrogen) atoms. The summed E-state index contributed by atoms with van der Waals surface area (Å²) in [5.41, 5.74) is 1.08. The third-order valence-electron chi connectivity index (χ3n) is 2.97. The number of hydrogen-bond donors (Lipinski definition) is 2. The molecule has 0 bridgehead atoms. The van der Waals surface area contributed by atoms with Gasteiger partial charge in [-0.1, -0.05) is 18.2 Å². The largest absolute Gasteiger partial charge is 0.389 e. The first-order valence-corrected chi connectivity index (χ1v) is 9.08. The Bertz CT molecular complexity index is 727. The highest BCUT2D eigenvalue weighted by Crippen LogP contribution is 2.23. The van der Waals surface area contributed by atoms with Crippen molar-refractivity contribution in [3.63, 3.8) is 0 Å². The third kappa shape index (κ3) is 4.00. The summed E-state index contributed by atoms with van der Waals surface area (Å²) in [7, 11) is -3.66. The third-order valence-corrected chi connectivity index (χ3v) is 5.08. The molecule has 0 amide bonds. The van der Waals surface area contributed by atoms with E-state index in [1.54, 1.807) is 49.0 Å². The Labute approximate surface area is 129 Å². The van der Waals surface area contributed by atoms with E-state index in [0.717, 1.165) is 4.90 Å². The normalized spacial score (nSPS) is 12.9. The number of thioether (sulfide) groups is 1. The average molecular weight is 323 g/mol. The molecule has 0 fully saturated rings. The van der Waals surface area contributed by atoms with Crippen LogP contribution in [-0.4, -0.2) is 19.8 Å². The number of aliphatic hydroxyl groups excluding tert-OH is 1. The maximum atomic E-state index is 12.4. The van der Waals surface area contributed by atoms with Crippen LogP contribution in [0.5, 0.6) is 0 Å². The molecule has 0 saturated heterocycles. The molecule has 0 saturated carbocycles. The van der Waals surface area contributed by atoms with Crippen LogP contribution in [0.15, 0.2) is 58.3 Å². The molecule has 0 aromatic heterocycles. The summed E-state index contributed by atoms with van der Waals surface area (Å²) in [6.07, 6.45) is 1.22. The second-order valence-electron chi connectivity index (χ2n) is 4.59. The van der Waals surface area contributed by atoms with E-state index >= 15 is 0 Å². The van der Waals surface area contributed by atoms with Gasteiger partial charge in [0.2, 0.25) is 0 Å². The molecule has 1 unspecified atom stereocenters. The molecule has 2 N–H and O–H groups in total. The fourth-order valence-corrected chi connectivity index (χ4v) is 3.41. The highest BCUT2D eigenvalue weighted by molar-refractivity contribution is 7.98. The Hall–Kier alpha value is -1.50. The Balaban J connectivity index is 2.31. The minimum Gasteiger partial charge on any atom is -0.389 e. The summed E-state index contributed by atoms with van der Waals surface area (Å²) in [4.78, 5) is 1.11. The second-order valence-corrected chi connectivity index (χ2v) is 7.15. The van der Waals surface area contributed by atoms with E-state index in [9.17, 15) is 13.5 Å². The molecule has 0 aliphatic heterocycles. The van der Waals surface area contributed by atoms with Crippen LogP contribution in [0.2, 0.25) is 0 Å². The van der Waals surface area contributed by atoms with Gasteiger partial charge in [0.15, 0.2) is 0 Å². The fourth-order valence-electron chi connectivity index (χ4n) is 1.84. The van der Waals surface area contributed by atoms with Crippen LogP contribution in [0.25, 0.3) is 0 Å². The standard InChI is InChI=1S/C15H17NO3S2/c1-11(17)12-5-3-8-15(9-12)21(18,19)16-13-6-4-7-14(10-13)20-2/h3-11,16-17H,1-2H3. The molecule has 4 nitrogen and oxygen atoms in total. The quantitative estimate of drug-likeness (QED) is 0.829. The van der Waals surface area contributed by atoms with Gasteiger partial charge in [0.25, 0.3) is 10.0 Å². The van der Waals surface area contributed by atoms with Crippen molar-refractivity contribution in [1.82, 2.24) is 0 Å². The maximum absolute atomic E-state index is 12.4. The van der Waals surface area contributed by atoms with Gasteiger partial charge in [-0.05, 0) is 49.1 Å². The molecular formula is C15H17NO3S2. The molecule has 2 aromatic rings. The lowest BCUT2D eigenvalue weighted by molar-refractivity contribution is 0.199. The first-order chi connectivity index (χ1) is 9.92. The van der Waals surface area contributed by atoms with Crippen LogP contribution in [0.1, 0.15) is 18.6 Å². The van der Waals surface area contributed by atoms with Crippen LogP contribution >= 0.6 is 11.8 Å². The highest BCUT2D eigenvalue weighted by Gasteiger charge is 2.15. The Morgan fingerprint density at radius 1 is 1.14 bits per heavy atom. The molecule has 0 aliphatic carbocycles. The van der Waals surface area contributed by atoms with E-state index in [0.29, 0.717) is 11.3 Å². The summed E-state index contributed by atoms with van der Waals surface area (Å²) in [5, 5.41) is 9.55. The predicted molar refractivity (Wildman–Crippen MR) is 86.1 cm³/mol. The highest BCUT2D eigenvalue weighted by atomic mass is 32.2. The van der Waals surface area contributed by atoms with Gasteiger partial charge in [0.05, 0.1) is 11.0 Å². The van der Waals surface area contributed by atoms with E-state index in [4.69, 9.17) is 0 Å². The average Bonchev–Trinajstić information content (AvgIpc) is 2.47. The van der Waals surface area contributed by atoms with Gasteiger partial charge in [0, 0.05) is 10.6 Å². The number of aliphatic hydroxyl groups is 1. The van der Waals surface area contributed by atoms with Crippen molar-refractivity contribution in [3.05, 3.63) is 54.1 Å². The van der Waals surface area contributed by atoms with Crippen LogP contribution in [0, 0.1) is 0 Å². The van der Waals surface area contributed by atoms with Gasteiger partial charge in [-0.15, -0.1) is 11.8 Å². The van der Waals surface area contributed by atoms with Gasteiger partial charge in [-0.2, -0.15) is 0 Å². The zero-order valence-corrected chi connectivity index (χ0v) is 13.4. The van der Waals surface area contributed by atoms with Gasteiger partial charge in [0.1, 0.15) is 0 Å². The summed E-state index contributed by atoms with van der Waals surface area (Å²) in [5.74, 6) is 0. The molecule has 0 aliphatic rings. The van der Waals surface area contributed by atoms with Crippen molar-refractivity contribution in [1.29, 1.82) is 0 Å². The zero-order valence-electron chi connectivity index (χ0n) is 11.8. The Morgan fingerprint density at radius 2 is 1.86 bits per heavy atom. The summed E-state index contributed by atoms with van der Waals surface area (Å²) >= 11 is 1.54. The van der Waals surface area contributed by atoms with Gasteiger partial charge < -0.3 is 5.11 Å². The van der Waals surface area contributed by atoms with Crippen LogP contribution in [0.3, 0.4) is 0 Å². The lowest BCUT2D eigenvalue weighted by atomic mass is 10.1. The summed E-state index contributed by atoms with van der Waals surface area (Å²) < 4.78 is 27.3. The first kappa shape index (κ1) is 15.9. The summed E-state index contributed by atoms with van der Waals surface area (Å²) in [6, 6.07) is 13.5. The second kappa shape index (κ2) is 6.51.